The van der Waals surface area contributed by atoms with Gasteiger partial charge >= 0.3 is 0 Å². The normalized spacial score (nSPS) is 12.7. The van der Waals surface area contributed by atoms with Crippen LogP contribution >= 0.6 is 0 Å². The van der Waals surface area contributed by atoms with Crippen molar-refractivity contribution in [2.75, 3.05) is 16.8 Å². The van der Waals surface area contributed by atoms with Gasteiger partial charge < -0.3 is 5.32 Å². The second kappa shape index (κ2) is 5.49. The summed E-state index contributed by atoms with van der Waals surface area (Å²) in [5.74, 6) is -0.333. The molecule has 1 N–H and O–H groups in total. The molecule has 3 aromatic carbocycles. The van der Waals surface area contributed by atoms with E-state index in [1.54, 1.807) is 4.90 Å². The molecule has 1 aliphatic heterocycles. The highest BCUT2D eigenvalue weighted by atomic mass is 16.2. The van der Waals surface area contributed by atoms with E-state index in [4.69, 9.17) is 0 Å². The summed E-state index contributed by atoms with van der Waals surface area (Å²) >= 11 is 0. The van der Waals surface area contributed by atoms with Gasteiger partial charge in [0.1, 0.15) is 6.54 Å². The Labute approximate surface area is 139 Å². The largest absolute Gasteiger partial charge is 0.325 e. The first-order valence-corrected chi connectivity index (χ1v) is 7.83. The number of amides is 2. The van der Waals surface area contributed by atoms with E-state index >= 15 is 0 Å². The summed E-state index contributed by atoms with van der Waals surface area (Å²) in [7, 11) is 0. The smallest absolute Gasteiger partial charge is 0.259 e. The number of aryl methyl sites for hydroxylation is 1. The van der Waals surface area contributed by atoms with E-state index < -0.39 is 0 Å². The van der Waals surface area contributed by atoms with Gasteiger partial charge in [0.05, 0.1) is 5.69 Å². The summed E-state index contributed by atoms with van der Waals surface area (Å²) in [6.45, 7) is 1.97. The van der Waals surface area contributed by atoms with Gasteiger partial charge in [-0.05, 0) is 42.1 Å². The summed E-state index contributed by atoms with van der Waals surface area (Å²) in [6, 6.07) is 19.0. The van der Waals surface area contributed by atoms with E-state index in [0.717, 1.165) is 27.7 Å². The van der Waals surface area contributed by atoms with Crippen molar-refractivity contribution in [3.8, 4) is 0 Å². The highest BCUT2D eigenvalue weighted by Gasteiger charge is 2.30. The highest BCUT2D eigenvalue weighted by Crippen LogP contribution is 2.36. The van der Waals surface area contributed by atoms with Crippen LogP contribution in [-0.2, 0) is 4.79 Å². The lowest BCUT2D eigenvalue weighted by molar-refractivity contribution is -0.114. The number of anilines is 2. The molecule has 3 aromatic rings. The van der Waals surface area contributed by atoms with E-state index in [1.807, 2.05) is 67.6 Å². The highest BCUT2D eigenvalue weighted by molar-refractivity contribution is 6.26. The molecule has 4 rings (SSSR count). The molecule has 0 aliphatic carbocycles. The van der Waals surface area contributed by atoms with Gasteiger partial charge in [-0.2, -0.15) is 0 Å². The Balaban J connectivity index is 1.61. The third kappa shape index (κ3) is 2.33. The van der Waals surface area contributed by atoms with Crippen molar-refractivity contribution in [3.63, 3.8) is 0 Å². The van der Waals surface area contributed by atoms with Gasteiger partial charge in [-0.3, -0.25) is 14.5 Å². The van der Waals surface area contributed by atoms with Gasteiger partial charge in [-0.25, -0.2) is 0 Å². The van der Waals surface area contributed by atoms with Crippen molar-refractivity contribution in [3.05, 3.63) is 71.8 Å². The van der Waals surface area contributed by atoms with Crippen LogP contribution in [0.15, 0.2) is 60.7 Å². The molecule has 0 spiro atoms. The van der Waals surface area contributed by atoms with E-state index in [2.05, 4.69) is 5.32 Å². The minimum Gasteiger partial charge on any atom is -0.325 e. The van der Waals surface area contributed by atoms with Gasteiger partial charge in [-0.1, -0.05) is 36.4 Å². The molecule has 0 radical (unpaired) electrons. The number of hydrogen-bond donors (Lipinski definition) is 1. The van der Waals surface area contributed by atoms with Crippen molar-refractivity contribution in [1.29, 1.82) is 0 Å². The molecule has 1 aliphatic rings. The van der Waals surface area contributed by atoms with Crippen molar-refractivity contribution in [1.82, 2.24) is 0 Å². The maximum Gasteiger partial charge on any atom is 0.259 e. The van der Waals surface area contributed by atoms with Gasteiger partial charge in [0.25, 0.3) is 5.91 Å². The first kappa shape index (κ1) is 14.5. The lowest BCUT2D eigenvalue weighted by Gasteiger charge is -2.17. The predicted octanol–water partition coefficient (Wildman–Crippen LogP) is 3.75. The quantitative estimate of drug-likeness (QED) is 0.800. The number of carbonyl (C=O) groups excluding carboxylic acids is 2. The van der Waals surface area contributed by atoms with Crippen LogP contribution in [0.25, 0.3) is 10.8 Å². The molecule has 0 aromatic heterocycles. The van der Waals surface area contributed by atoms with Crippen LogP contribution < -0.4 is 10.2 Å². The van der Waals surface area contributed by atoms with Gasteiger partial charge in [0.2, 0.25) is 5.91 Å². The van der Waals surface area contributed by atoms with Crippen LogP contribution in [0.1, 0.15) is 15.9 Å². The molecule has 0 bridgehead atoms. The molecule has 0 saturated heterocycles. The molecular formula is C20H16N2O2. The number of hydrogen-bond acceptors (Lipinski definition) is 2. The van der Waals surface area contributed by atoms with Gasteiger partial charge in [0.15, 0.2) is 0 Å². The summed E-state index contributed by atoms with van der Waals surface area (Å²) in [6.07, 6.45) is 0. The van der Waals surface area contributed by atoms with Crippen molar-refractivity contribution in [2.24, 2.45) is 0 Å². The summed E-state index contributed by atoms with van der Waals surface area (Å²) < 4.78 is 0. The van der Waals surface area contributed by atoms with E-state index in [9.17, 15) is 9.59 Å². The molecule has 0 unspecified atom stereocenters. The molecule has 2 amide bonds. The Morgan fingerprint density at radius 3 is 2.58 bits per heavy atom. The standard InChI is InChI=1S/C20H16N2O2/c1-13-5-2-8-15(11-13)21-18(23)12-22-17-10-4-7-14-6-3-9-16(19(14)17)20(22)24/h2-11H,12H2,1H3,(H,21,23). The zero-order valence-corrected chi connectivity index (χ0v) is 13.2. The molecule has 4 nitrogen and oxygen atoms in total. The molecule has 1 heterocycles. The predicted molar refractivity (Wildman–Crippen MR) is 95.4 cm³/mol. The maximum absolute atomic E-state index is 12.7. The van der Waals surface area contributed by atoms with E-state index in [0.29, 0.717) is 5.56 Å². The number of rotatable bonds is 3. The van der Waals surface area contributed by atoms with Crippen molar-refractivity contribution in [2.45, 2.75) is 6.92 Å². The summed E-state index contributed by atoms with van der Waals surface area (Å²) in [5, 5.41) is 4.79. The Kier molecular flexibility index (Phi) is 3.31. The number of nitrogens with zero attached hydrogens (tertiary/aromatic N) is 1. The van der Waals surface area contributed by atoms with E-state index in [1.165, 1.54) is 0 Å². The number of carbonyl (C=O) groups is 2. The molecule has 0 fully saturated rings. The SMILES string of the molecule is Cc1cccc(NC(=O)CN2C(=O)c3cccc4cccc2c34)c1. The zero-order valence-electron chi connectivity index (χ0n) is 13.2. The minimum absolute atomic E-state index is 0.000564. The van der Waals surface area contributed by atoms with Crippen LogP contribution in [0.4, 0.5) is 11.4 Å². The Hall–Kier alpha value is -3.14. The topological polar surface area (TPSA) is 49.4 Å². The Morgan fingerprint density at radius 2 is 1.79 bits per heavy atom. The average Bonchev–Trinajstić information content (AvgIpc) is 2.83. The van der Waals surface area contributed by atoms with Gasteiger partial charge in [-0.15, -0.1) is 0 Å². The number of nitrogens with one attached hydrogen (secondary N) is 1. The fraction of sp³-hybridized carbons (Fsp3) is 0.100. The first-order valence-electron chi connectivity index (χ1n) is 7.83. The average molecular weight is 316 g/mol. The summed E-state index contributed by atoms with van der Waals surface area (Å²) in [4.78, 5) is 26.6. The molecular weight excluding hydrogens is 300 g/mol. The van der Waals surface area contributed by atoms with Gasteiger partial charge in [0, 0.05) is 16.6 Å². The Morgan fingerprint density at radius 1 is 1.04 bits per heavy atom. The summed E-state index contributed by atoms with van der Waals surface area (Å²) in [5.41, 5.74) is 3.27. The minimum atomic E-state index is -0.209. The van der Waals surface area contributed by atoms with Crippen LogP contribution in [0.2, 0.25) is 0 Å². The lowest BCUT2D eigenvalue weighted by atomic mass is 10.1. The van der Waals surface area contributed by atoms with Crippen molar-refractivity contribution < 1.29 is 9.59 Å². The maximum atomic E-state index is 12.7. The van der Waals surface area contributed by atoms with Crippen LogP contribution in [0.5, 0.6) is 0 Å². The number of benzene rings is 3. The second-order valence-corrected chi connectivity index (χ2v) is 5.99. The Bertz CT molecular complexity index is 973. The first-order chi connectivity index (χ1) is 11.6. The van der Waals surface area contributed by atoms with E-state index in [-0.39, 0.29) is 18.4 Å². The van der Waals surface area contributed by atoms with Crippen LogP contribution in [-0.4, -0.2) is 18.4 Å². The lowest BCUT2D eigenvalue weighted by Crippen LogP contribution is -2.35. The molecule has 24 heavy (non-hydrogen) atoms. The zero-order chi connectivity index (χ0) is 16.7. The fourth-order valence-corrected chi connectivity index (χ4v) is 3.20. The monoisotopic (exact) mass is 316 g/mol. The molecule has 118 valence electrons. The van der Waals surface area contributed by atoms with Crippen LogP contribution in [0, 0.1) is 6.92 Å². The third-order valence-electron chi connectivity index (χ3n) is 4.25. The third-order valence-corrected chi connectivity index (χ3v) is 4.25. The molecule has 0 saturated carbocycles. The molecule has 0 atom stereocenters. The van der Waals surface area contributed by atoms with Crippen LogP contribution in [0.3, 0.4) is 0 Å². The fourth-order valence-electron chi connectivity index (χ4n) is 3.20. The second-order valence-electron chi connectivity index (χ2n) is 5.99. The molecule has 4 heteroatoms. The van der Waals surface area contributed by atoms with Crippen molar-refractivity contribution >= 4 is 34.0 Å².